The van der Waals surface area contributed by atoms with Crippen molar-refractivity contribution in [1.82, 2.24) is 0 Å². The van der Waals surface area contributed by atoms with Gasteiger partial charge in [-0.3, -0.25) is 4.79 Å². The molecule has 2 bridgehead atoms. The minimum atomic E-state index is -0.172. The molecule has 2 nitrogen and oxygen atoms in total. The number of hydrogen-bond donors (Lipinski definition) is 0. The highest BCUT2D eigenvalue weighted by molar-refractivity contribution is 5.66. The van der Waals surface area contributed by atoms with E-state index in [9.17, 15) is 4.79 Å². The SMILES string of the molecule is CCCCC1=C[C@@H](COC(C)=O)C2=C[C@H]3C=C[C@H](C3)[C@H]12. The van der Waals surface area contributed by atoms with E-state index in [0.29, 0.717) is 30.3 Å². The first kappa shape index (κ1) is 13.7. The van der Waals surface area contributed by atoms with Crippen LogP contribution in [0.3, 0.4) is 0 Å². The van der Waals surface area contributed by atoms with Crippen LogP contribution in [-0.2, 0) is 9.53 Å². The topological polar surface area (TPSA) is 26.3 Å². The number of allylic oxidation sites excluding steroid dienone is 4. The zero-order valence-electron chi connectivity index (χ0n) is 12.5. The lowest BCUT2D eigenvalue weighted by molar-refractivity contribution is -0.141. The lowest BCUT2D eigenvalue weighted by Crippen LogP contribution is -2.22. The number of ether oxygens (including phenoxy) is 1. The summed E-state index contributed by atoms with van der Waals surface area (Å²) in [5, 5.41) is 0. The second-order valence-corrected chi connectivity index (χ2v) is 6.35. The summed E-state index contributed by atoms with van der Waals surface area (Å²) >= 11 is 0. The summed E-state index contributed by atoms with van der Waals surface area (Å²) in [4.78, 5) is 11.1. The molecule has 0 fully saturated rings. The summed E-state index contributed by atoms with van der Waals surface area (Å²) < 4.78 is 5.27. The largest absolute Gasteiger partial charge is 0.465 e. The van der Waals surface area contributed by atoms with Crippen molar-refractivity contribution < 1.29 is 9.53 Å². The van der Waals surface area contributed by atoms with Gasteiger partial charge in [-0.15, -0.1) is 0 Å². The monoisotopic (exact) mass is 272 g/mol. The van der Waals surface area contributed by atoms with E-state index < -0.39 is 0 Å². The Bertz CT molecular complexity index is 484. The normalized spacial score (nSPS) is 33.7. The Labute approximate surface area is 121 Å². The third-order valence-electron chi connectivity index (χ3n) is 4.87. The van der Waals surface area contributed by atoms with Gasteiger partial charge in [0, 0.05) is 18.8 Å². The third-order valence-corrected chi connectivity index (χ3v) is 4.87. The Kier molecular flexibility index (Phi) is 3.82. The van der Waals surface area contributed by atoms with Crippen LogP contribution in [0, 0.1) is 23.7 Å². The van der Waals surface area contributed by atoms with Gasteiger partial charge in [-0.05, 0) is 31.1 Å². The van der Waals surface area contributed by atoms with Crippen molar-refractivity contribution in [2.24, 2.45) is 23.7 Å². The fourth-order valence-electron chi connectivity index (χ4n) is 4.00. The zero-order chi connectivity index (χ0) is 14.1. The lowest BCUT2D eigenvalue weighted by atomic mass is 9.75. The van der Waals surface area contributed by atoms with E-state index in [1.54, 1.807) is 5.57 Å². The molecule has 20 heavy (non-hydrogen) atoms. The van der Waals surface area contributed by atoms with E-state index in [4.69, 9.17) is 4.74 Å². The minimum Gasteiger partial charge on any atom is -0.465 e. The number of fused-ring (bicyclic) bond motifs is 4. The Hall–Kier alpha value is -1.31. The number of rotatable bonds is 5. The number of esters is 1. The first-order valence-electron chi connectivity index (χ1n) is 7.93. The Morgan fingerprint density at radius 1 is 1.35 bits per heavy atom. The molecule has 3 rings (SSSR count). The van der Waals surface area contributed by atoms with E-state index in [1.807, 2.05) is 0 Å². The maximum absolute atomic E-state index is 11.1. The molecule has 4 atom stereocenters. The maximum Gasteiger partial charge on any atom is 0.302 e. The van der Waals surface area contributed by atoms with E-state index in [0.717, 1.165) is 0 Å². The summed E-state index contributed by atoms with van der Waals surface area (Å²) in [6.45, 7) is 4.26. The Morgan fingerprint density at radius 2 is 2.20 bits per heavy atom. The molecule has 0 amide bonds. The molecular formula is C18H24O2. The molecule has 0 heterocycles. The highest BCUT2D eigenvalue weighted by atomic mass is 16.5. The van der Waals surface area contributed by atoms with Crippen molar-refractivity contribution in [1.29, 1.82) is 0 Å². The molecular weight excluding hydrogens is 248 g/mol. The van der Waals surface area contributed by atoms with Gasteiger partial charge in [-0.2, -0.15) is 0 Å². The number of hydrogen-bond acceptors (Lipinski definition) is 2. The summed E-state index contributed by atoms with van der Waals surface area (Å²) in [6, 6.07) is 0. The predicted octanol–water partition coefficient (Wildman–Crippen LogP) is 4.04. The van der Waals surface area contributed by atoms with Gasteiger partial charge in [0.1, 0.15) is 6.61 Å². The van der Waals surface area contributed by atoms with E-state index in [2.05, 4.69) is 31.2 Å². The fraction of sp³-hybridized carbons (Fsp3) is 0.611. The molecule has 0 aromatic rings. The number of unbranched alkanes of at least 4 members (excludes halogenated alkanes) is 1. The van der Waals surface area contributed by atoms with Crippen LogP contribution in [0.25, 0.3) is 0 Å². The summed E-state index contributed by atoms with van der Waals surface area (Å²) in [7, 11) is 0. The van der Waals surface area contributed by atoms with Crippen molar-refractivity contribution in [2.45, 2.75) is 39.5 Å². The van der Waals surface area contributed by atoms with Crippen molar-refractivity contribution in [2.75, 3.05) is 6.61 Å². The van der Waals surface area contributed by atoms with Crippen molar-refractivity contribution in [3.8, 4) is 0 Å². The lowest BCUT2D eigenvalue weighted by Gasteiger charge is -2.29. The van der Waals surface area contributed by atoms with Crippen LogP contribution in [0.1, 0.15) is 39.5 Å². The molecule has 108 valence electrons. The molecule has 3 aliphatic carbocycles. The molecule has 0 spiro atoms. The number of carbonyl (C=O) groups excluding carboxylic acids is 1. The van der Waals surface area contributed by atoms with Gasteiger partial charge in [0.25, 0.3) is 0 Å². The fourth-order valence-corrected chi connectivity index (χ4v) is 4.00. The van der Waals surface area contributed by atoms with Gasteiger partial charge in [-0.25, -0.2) is 0 Å². The molecule has 2 heteroatoms. The molecule has 0 saturated carbocycles. The maximum atomic E-state index is 11.1. The molecule has 0 unspecified atom stereocenters. The molecule has 3 aliphatic rings. The second-order valence-electron chi connectivity index (χ2n) is 6.35. The Morgan fingerprint density at radius 3 is 2.95 bits per heavy atom. The van der Waals surface area contributed by atoms with Crippen LogP contribution in [0.4, 0.5) is 0 Å². The van der Waals surface area contributed by atoms with Crippen molar-refractivity contribution in [3.05, 3.63) is 35.5 Å². The Balaban J connectivity index is 1.80. The predicted molar refractivity (Wildman–Crippen MR) is 80.0 cm³/mol. The smallest absolute Gasteiger partial charge is 0.302 e. The van der Waals surface area contributed by atoms with Crippen molar-refractivity contribution in [3.63, 3.8) is 0 Å². The first-order chi connectivity index (χ1) is 9.69. The molecule has 0 aromatic carbocycles. The van der Waals surface area contributed by atoms with Crippen LogP contribution in [-0.4, -0.2) is 12.6 Å². The highest BCUT2D eigenvalue weighted by Gasteiger charge is 2.41. The summed E-state index contributed by atoms with van der Waals surface area (Å²) in [6.07, 6.45) is 14.6. The summed E-state index contributed by atoms with van der Waals surface area (Å²) in [5.74, 6) is 2.04. The van der Waals surface area contributed by atoms with E-state index >= 15 is 0 Å². The van der Waals surface area contributed by atoms with E-state index in [-0.39, 0.29) is 5.97 Å². The van der Waals surface area contributed by atoms with Crippen LogP contribution in [0.5, 0.6) is 0 Å². The van der Waals surface area contributed by atoms with Crippen LogP contribution in [0.15, 0.2) is 35.5 Å². The van der Waals surface area contributed by atoms with Crippen LogP contribution < -0.4 is 0 Å². The molecule has 0 radical (unpaired) electrons. The molecule has 0 N–H and O–H groups in total. The van der Waals surface area contributed by atoms with Crippen molar-refractivity contribution >= 4 is 5.97 Å². The van der Waals surface area contributed by atoms with Gasteiger partial charge >= 0.3 is 5.97 Å². The number of carbonyl (C=O) groups is 1. The molecule has 0 aliphatic heterocycles. The van der Waals surface area contributed by atoms with Gasteiger partial charge in [0.05, 0.1) is 0 Å². The average molecular weight is 272 g/mol. The van der Waals surface area contributed by atoms with Gasteiger partial charge in [0.2, 0.25) is 0 Å². The van der Waals surface area contributed by atoms with E-state index in [1.165, 1.54) is 38.2 Å². The zero-order valence-corrected chi connectivity index (χ0v) is 12.5. The summed E-state index contributed by atoms with van der Waals surface area (Å²) in [5.41, 5.74) is 3.11. The first-order valence-corrected chi connectivity index (χ1v) is 7.93. The van der Waals surface area contributed by atoms with Crippen LogP contribution in [0.2, 0.25) is 0 Å². The molecule has 0 aromatic heterocycles. The second kappa shape index (κ2) is 5.59. The third kappa shape index (κ3) is 2.48. The highest BCUT2D eigenvalue weighted by Crippen LogP contribution is 2.51. The average Bonchev–Trinajstić information content (AvgIpc) is 2.97. The molecule has 0 saturated heterocycles. The van der Waals surface area contributed by atoms with Gasteiger partial charge < -0.3 is 4.74 Å². The minimum absolute atomic E-state index is 0.172. The quantitative estimate of drug-likeness (QED) is 0.557. The van der Waals surface area contributed by atoms with Gasteiger partial charge in [-0.1, -0.05) is 48.8 Å². The van der Waals surface area contributed by atoms with Crippen LogP contribution >= 0.6 is 0 Å². The standard InChI is InChI=1S/C18H24O2/c1-3-4-5-14-10-16(11-20-12(2)19)17-9-13-6-7-15(8-13)18(14)17/h6-7,9-10,13,15-16,18H,3-5,8,11H2,1-2H3/t13-,15+,16-,18-/m0/s1. The van der Waals surface area contributed by atoms with Gasteiger partial charge in [0.15, 0.2) is 0 Å².